The summed E-state index contributed by atoms with van der Waals surface area (Å²) in [5.74, 6) is -1.78. The zero-order valence-electron chi connectivity index (χ0n) is 20.3. The number of rotatable bonds is 8. The Bertz CT molecular complexity index is 1440. The number of aliphatic carboxylic acids is 1. The molecule has 1 atom stereocenters. The van der Waals surface area contributed by atoms with Crippen LogP contribution >= 0.6 is 12.4 Å². The largest absolute Gasteiger partial charge is 0.480 e. The number of aryl methyl sites for hydroxylation is 1. The summed E-state index contributed by atoms with van der Waals surface area (Å²) < 4.78 is 61.7. The van der Waals surface area contributed by atoms with Crippen LogP contribution in [0.2, 0.25) is 0 Å². The van der Waals surface area contributed by atoms with Crippen molar-refractivity contribution in [3.05, 3.63) is 83.2 Å². The highest BCUT2D eigenvalue weighted by Crippen LogP contribution is 2.40. The van der Waals surface area contributed by atoms with Crippen molar-refractivity contribution >= 4 is 18.4 Å². The topological polar surface area (TPSA) is 88.3 Å². The van der Waals surface area contributed by atoms with Gasteiger partial charge in [0.2, 0.25) is 5.82 Å². The summed E-state index contributed by atoms with van der Waals surface area (Å²) in [7, 11) is 0. The van der Waals surface area contributed by atoms with Gasteiger partial charge in [-0.1, -0.05) is 54.5 Å². The summed E-state index contributed by atoms with van der Waals surface area (Å²) in [6, 6.07) is 13.9. The fraction of sp³-hybridized carbons (Fsp3) is 0.222. The fourth-order valence-electron chi connectivity index (χ4n) is 3.95. The summed E-state index contributed by atoms with van der Waals surface area (Å²) in [5.41, 5.74) is 0.940. The maximum atomic E-state index is 14.6. The fourth-order valence-corrected chi connectivity index (χ4v) is 3.95. The number of hydrogen-bond acceptors (Lipinski definition) is 5. The molecule has 4 rings (SSSR count). The molecular weight excluding hydrogens is 526 g/mol. The van der Waals surface area contributed by atoms with E-state index in [2.05, 4.69) is 15.5 Å². The molecule has 0 aliphatic heterocycles. The SMILES string of the molecule is CCC(NCc1ccc(-c2noc(-c3ccc(-c4ccccc4C)c(C(F)(F)F)c3)n2)cc1F)C(=O)O.Cl. The summed E-state index contributed by atoms with van der Waals surface area (Å²) in [5, 5.41) is 15.7. The number of hydrogen-bond donors (Lipinski definition) is 2. The van der Waals surface area contributed by atoms with Gasteiger partial charge in [-0.2, -0.15) is 18.2 Å². The lowest BCUT2D eigenvalue weighted by atomic mass is 9.94. The van der Waals surface area contributed by atoms with Gasteiger partial charge in [0.25, 0.3) is 5.89 Å². The van der Waals surface area contributed by atoms with Gasteiger partial charge in [0.15, 0.2) is 0 Å². The molecule has 0 amide bonds. The molecule has 0 fully saturated rings. The summed E-state index contributed by atoms with van der Waals surface area (Å²) in [6.45, 7) is 3.44. The van der Waals surface area contributed by atoms with E-state index in [4.69, 9.17) is 9.63 Å². The van der Waals surface area contributed by atoms with Crippen LogP contribution in [0.15, 0.2) is 65.2 Å². The Kier molecular flexibility index (Phi) is 8.90. The van der Waals surface area contributed by atoms with Crippen LogP contribution in [0.25, 0.3) is 34.0 Å². The van der Waals surface area contributed by atoms with Crippen molar-refractivity contribution in [1.82, 2.24) is 15.5 Å². The smallest absolute Gasteiger partial charge is 0.417 e. The molecule has 1 unspecified atom stereocenters. The van der Waals surface area contributed by atoms with Crippen LogP contribution in [-0.2, 0) is 17.5 Å². The highest BCUT2D eigenvalue weighted by molar-refractivity contribution is 5.85. The zero-order chi connectivity index (χ0) is 26.7. The van der Waals surface area contributed by atoms with Crippen molar-refractivity contribution in [3.8, 4) is 34.0 Å². The average molecular weight is 550 g/mol. The minimum absolute atomic E-state index is 0. The number of nitrogens with zero attached hydrogens (tertiary/aromatic N) is 2. The van der Waals surface area contributed by atoms with Crippen LogP contribution in [0.4, 0.5) is 17.6 Å². The van der Waals surface area contributed by atoms with Gasteiger partial charge in [0, 0.05) is 23.2 Å². The van der Waals surface area contributed by atoms with Crippen LogP contribution in [0, 0.1) is 12.7 Å². The van der Waals surface area contributed by atoms with Crippen LogP contribution in [-0.4, -0.2) is 27.3 Å². The normalized spacial score (nSPS) is 12.2. The molecule has 0 bridgehead atoms. The summed E-state index contributed by atoms with van der Waals surface area (Å²) in [6.07, 6.45) is -4.29. The Morgan fingerprint density at radius 2 is 1.76 bits per heavy atom. The van der Waals surface area contributed by atoms with Gasteiger partial charge in [-0.15, -0.1) is 12.4 Å². The Morgan fingerprint density at radius 1 is 1.05 bits per heavy atom. The van der Waals surface area contributed by atoms with Crippen molar-refractivity contribution in [2.75, 3.05) is 0 Å². The first-order chi connectivity index (χ1) is 17.6. The monoisotopic (exact) mass is 549 g/mol. The first-order valence-electron chi connectivity index (χ1n) is 11.4. The lowest BCUT2D eigenvalue weighted by molar-refractivity contribution is -0.139. The quantitative estimate of drug-likeness (QED) is 0.232. The first-order valence-corrected chi connectivity index (χ1v) is 11.4. The number of halogens is 5. The van der Waals surface area contributed by atoms with Crippen molar-refractivity contribution in [2.24, 2.45) is 0 Å². The van der Waals surface area contributed by atoms with Gasteiger partial charge in [0.05, 0.1) is 5.56 Å². The number of benzene rings is 3. The third-order valence-corrected chi connectivity index (χ3v) is 5.99. The molecule has 1 aromatic heterocycles. The van der Waals surface area contributed by atoms with E-state index in [1.165, 1.54) is 24.3 Å². The molecule has 0 aliphatic rings. The molecule has 0 aliphatic carbocycles. The Morgan fingerprint density at radius 3 is 2.39 bits per heavy atom. The lowest BCUT2D eigenvalue weighted by Crippen LogP contribution is -2.35. The third-order valence-electron chi connectivity index (χ3n) is 5.99. The van der Waals surface area contributed by atoms with E-state index < -0.39 is 29.6 Å². The Balaban J connectivity index is 0.00000400. The van der Waals surface area contributed by atoms with E-state index in [-0.39, 0.29) is 52.9 Å². The molecule has 38 heavy (non-hydrogen) atoms. The third kappa shape index (κ3) is 6.20. The maximum Gasteiger partial charge on any atom is 0.417 e. The molecule has 2 N–H and O–H groups in total. The molecule has 0 radical (unpaired) electrons. The van der Waals surface area contributed by atoms with Crippen molar-refractivity contribution < 1.29 is 32.0 Å². The van der Waals surface area contributed by atoms with Gasteiger partial charge < -0.3 is 14.9 Å². The van der Waals surface area contributed by atoms with Gasteiger partial charge >= 0.3 is 12.1 Å². The summed E-state index contributed by atoms with van der Waals surface area (Å²) >= 11 is 0. The minimum Gasteiger partial charge on any atom is -0.480 e. The van der Waals surface area contributed by atoms with E-state index in [0.717, 1.165) is 12.1 Å². The number of aromatic nitrogens is 2. The molecule has 0 saturated carbocycles. The molecule has 3 aromatic carbocycles. The Labute approximate surface area is 222 Å². The van der Waals surface area contributed by atoms with Crippen molar-refractivity contribution in [3.63, 3.8) is 0 Å². The van der Waals surface area contributed by atoms with E-state index in [1.54, 1.807) is 38.1 Å². The number of alkyl halides is 3. The predicted octanol–water partition coefficient (Wildman–Crippen LogP) is 6.91. The van der Waals surface area contributed by atoms with Gasteiger partial charge in [0.1, 0.15) is 11.9 Å². The van der Waals surface area contributed by atoms with Gasteiger partial charge in [-0.25, -0.2) is 4.39 Å². The van der Waals surface area contributed by atoms with Gasteiger partial charge in [-0.05, 0) is 48.2 Å². The van der Waals surface area contributed by atoms with Crippen LogP contribution in [0.5, 0.6) is 0 Å². The lowest BCUT2D eigenvalue weighted by Gasteiger charge is -2.15. The number of nitrogens with one attached hydrogen (secondary N) is 1. The van der Waals surface area contributed by atoms with E-state index >= 15 is 0 Å². The molecule has 0 saturated heterocycles. The zero-order valence-corrected chi connectivity index (χ0v) is 21.2. The molecule has 6 nitrogen and oxygen atoms in total. The van der Waals surface area contributed by atoms with Crippen molar-refractivity contribution in [2.45, 2.75) is 39.0 Å². The second-order valence-corrected chi connectivity index (χ2v) is 8.48. The maximum absolute atomic E-state index is 14.6. The number of carbonyl (C=O) groups is 1. The van der Waals surface area contributed by atoms with Gasteiger partial charge in [-0.3, -0.25) is 4.79 Å². The average Bonchev–Trinajstić information content (AvgIpc) is 3.35. The molecule has 200 valence electrons. The van der Waals surface area contributed by atoms with Crippen LogP contribution < -0.4 is 5.32 Å². The molecule has 4 aromatic rings. The van der Waals surface area contributed by atoms with Crippen molar-refractivity contribution in [1.29, 1.82) is 0 Å². The highest BCUT2D eigenvalue weighted by atomic mass is 35.5. The second kappa shape index (κ2) is 11.7. The molecule has 0 spiro atoms. The van der Waals surface area contributed by atoms with Crippen LogP contribution in [0.3, 0.4) is 0 Å². The number of carboxylic acids is 1. The van der Waals surface area contributed by atoms with E-state index in [9.17, 15) is 22.4 Å². The number of carboxylic acid groups (broad SMARTS) is 1. The highest BCUT2D eigenvalue weighted by Gasteiger charge is 2.34. The minimum atomic E-state index is -4.62. The Hall–Kier alpha value is -3.76. The van der Waals surface area contributed by atoms with Crippen LogP contribution in [0.1, 0.15) is 30.0 Å². The summed E-state index contributed by atoms with van der Waals surface area (Å²) in [4.78, 5) is 15.3. The first kappa shape index (κ1) is 28.8. The second-order valence-electron chi connectivity index (χ2n) is 8.48. The molecule has 11 heteroatoms. The predicted molar refractivity (Wildman–Crippen MR) is 136 cm³/mol. The van der Waals surface area contributed by atoms with E-state index in [1.807, 2.05) is 0 Å². The molecular formula is C27H24ClF4N3O3. The standard InChI is InChI=1S/C27H23F4N3O3.ClH/c1-3-23(26(35)36)32-14-18-9-8-16(13-22(18)28)24-33-25(37-34-24)17-10-11-20(21(12-17)27(29,30)31)19-7-5-4-6-15(19)2;/h4-13,23,32H,3,14H2,1-2H3,(H,35,36);1H. The van der Waals surface area contributed by atoms with E-state index in [0.29, 0.717) is 17.5 Å². The molecule has 1 heterocycles.